The molecular weight excluding hydrogens is 284 g/mol. The Balaban J connectivity index is 1.65. The maximum Gasteiger partial charge on any atom is 0.222 e. The highest BCUT2D eigenvalue weighted by Gasteiger charge is 2.19. The SMILES string of the molecule is CCCC(=O)N1CCN(CCCc2ccc(Cl)cc2)CC1. The van der Waals surface area contributed by atoms with Crippen LogP contribution in [-0.4, -0.2) is 48.4 Å². The van der Waals surface area contributed by atoms with E-state index >= 15 is 0 Å². The molecule has 1 aliphatic heterocycles. The van der Waals surface area contributed by atoms with Crippen LogP contribution in [0.4, 0.5) is 0 Å². The second kappa shape index (κ2) is 8.40. The Labute approximate surface area is 132 Å². The standard InChI is InChI=1S/C17H25ClN2O/c1-2-4-17(21)20-13-11-19(12-14-20)10-3-5-15-6-8-16(18)9-7-15/h6-9H,2-5,10-14H2,1H3. The van der Waals surface area contributed by atoms with Crippen LogP contribution in [0.5, 0.6) is 0 Å². The third kappa shape index (κ3) is 5.33. The van der Waals surface area contributed by atoms with Crippen molar-refractivity contribution in [3.63, 3.8) is 0 Å². The van der Waals surface area contributed by atoms with Crippen molar-refractivity contribution in [2.24, 2.45) is 0 Å². The van der Waals surface area contributed by atoms with E-state index < -0.39 is 0 Å². The first-order chi connectivity index (χ1) is 10.2. The summed E-state index contributed by atoms with van der Waals surface area (Å²) in [5.74, 6) is 0.318. The van der Waals surface area contributed by atoms with Gasteiger partial charge in [0.05, 0.1) is 0 Å². The maximum absolute atomic E-state index is 11.8. The molecule has 3 nitrogen and oxygen atoms in total. The maximum atomic E-state index is 11.8. The van der Waals surface area contributed by atoms with E-state index in [1.165, 1.54) is 5.56 Å². The van der Waals surface area contributed by atoms with Crippen molar-refractivity contribution < 1.29 is 4.79 Å². The lowest BCUT2D eigenvalue weighted by molar-refractivity contribution is -0.132. The average molecular weight is 309 g/mol. The Kier molecular flexibility index (Phi) is 6.52. The number of benzene rings is 1. The van der Waals surface area contributed by atoms with Gasteiger partial charge in [0.25, 0.3) is 0 Å². The molecule has 1 aromatic rings. The molecule has 0 spiro atoms. The molecule has 0 radical (unpaired) electrons. The molecule has 0 saturated carbocycles. The summed E-state index contributed by atoms with van der Waals surface area (Å²) in [6.45, 7) is 6.97. The van der Waals surface area contributed by atoms with Gasteiger partial charge in [-0.3, -0.25) is 9.69 Å². The third-order valence-corrected chi connectivity index (χ3v) is 4.29. The van der Waals surface area contributed by atoms with E-state index in [9.17, 15) is 4.79 Å². The number of rotatable bonds is 6. The molecule has 1 saturated heterocycles. The van der Waals surface area contributed by atoms with Crippen LogP contribution in [0.2, 0.25) is 5.02 Å². The number of hydrogen-bond acceptors (Lipinski definition) is 2. The highest BCUT2D eigenvalue weighted by Crippen LogP contribution is 2.12. The monoisotopic (exact) mass is 308 g/mol. The molecule has 4 heteroatoms. The Morgan fingerprint density at radius 2 is 1.81 bits per heavy atom. The van der Waals surface area contributed by atoms with Gasteiger partial charge in [0.15, 0.2) is 0 Å². The number of piperazine rings is 1. The summed E-state index contributed by atoms with van der Waals surface area (Å²) in [5.41, 5.74) is 1.34. The fraction of sp³-hybridized carbons (Fsp3) is 0.588. The van der Waals surface area contributed by atoms with E-state index in [1.807, 2.05) is 17.0 Å². The summed E-state index contributed by atoms with van der Waals surface area (Å²) in [6.07, 6.45) is 3.88. The van der Waals surface area contributed by atoms with Gasteiger partial charge in [0.2, 0.25) is 5.91 Å². The van der Waals surface area contributed by atoms with Crippen LogP contribution in [0.25, 0.3) is 0 Å². The van der Waals surface area contributed by atoms with Crippen molar-refractivity contribution in [3.8, 4) is 0 Å². The lowest BCUT2D eigenvalue weighted by Gasteiger charge is -2.34. The average Bonchev–Trinajstić information content (AvgIpc) is 2.50. The van der Waals surface area contributed by atoms with Crippen LogP contribution in [0.15, 0.2) is 24.3 Å². The summed E-state index contributed by atoms with van der Waals surface area (Å²) in [5, 5.41) is 0.798. The molecular formula is C17H25ClN2O. The van der Waals surface area contributed by atoms with E-state index in [2.05, 4.69) is 24.0 Å². The minimum atomic E-state index is 0.318. The second-order valence-corrected chi connectivity index (χ2v) is 6.14. The van der Waals surface area contributed by atoms with Gasteiger partial charge in [0, 0.05) is 37.6 Å². The highest BCUT2D eigenvalue weighted by molar-refractivity contribution is 6.30. The summed E-state index contributed by atoms with van der Waals surface area (Å²) in [4.78, 5) is 16.3. The van der Waals surface area contributed by atoms with E-state index in [-0.39, 0.29) is 0 Å². The van der Waals surface area contributed by atoms with Crippen LogP contribution in [-0.2, 0) is 11.2 Å². The molecule has 0 atom stereocenters. The summed E-state index contributed by atoms with van der Waals surface area (Å²) in [6, 6.07) is 8.11. The van der Waals surface area contributed by atoms with Crippen molar-refractivity contribution in [2.75, 3.05) is 32.7 Å². The number of nitrogens with zero attached hydrogens (tertiary/aromatic N) is 2. The van der Waals surface area contributed by atoms with Crippen LogP contribution in [0, 0.1) is 0 Å². The minimum Gasteiger partial charge on any atom is -0.340 e. The Bertz CT molecular complexity index is 439. The zero-order valence-corrected chi connectivity index (χ0v) is 13.6. The smallest absolute Gasteiger partial charge is 0.222 e. The van der Waals surface area contributed by atoms with E-state index in [1.54, 1.807) is 0 Å². The first-order valence-electron chi connectivity index (χ1n) is 7.93. The molecule has 1 aliphatic rings. The molecule has 116 valence electrons. The first kappa shape index (κ1) is 16.3. The quantitative estimate of drug-likeness (QED) is 0.805. The zero-order valence-electron chi connectivity index (χ0n) is 12.9. The molecule has 21 heavy (non-hydrogen) atoms. The Morgan fingerprint density at radius 3 is 2.43 bits per heavy atom. The van der Waals surface area contributed by atoms with Gasteiger partial charge in [-0.05, 0) is 43.5 Å². The molecule has 1 aromatic carbocycles. The van der Waals surface area contributed by atoms with Crippen molar-refractivity contribution in [2.45, 2.75) is 32.6 Å². The molecule has 1 fully saturated rings. The number of halogens is 1. The fourth-order valence-electron chi connectivity index (χ4n) is 2.75. The van der Waals surface area contributed by atoms with Crippen LogP contribution in [0.3, 0.4) is 0 Å². The number of amides is 1. The van der Waals surface area contributed by atoms with Crippen molar-refractivity contribution in [1.82, 2.24) is 9.80 Å². The van der Waals surface area contributed by atoms with Gasteiger partial charge in [-0.1, -0.05) is 30.7 Å². The largest absolute Gasteiger partial charge is 0.340 e. The van der Waals surface area contributed by atoms with E-state index in [0.29, 0.717) is 12.3 Å². The molecule has 0 bridgehead atoms. The molecule has 1 amide bonds. The van der Waals surface area contributed by atoms with Gasteiger partial charge in [-0.2, -0.15) is 0 Å². The lowest BCUT2D eigenvalue weighted by atomic mass is 10.1. The Hall–Kier alpha value is -1.06. The van der Waals surface area contributed by atoms with Crippen LogP contribution in [0.1, 0.15) is 31.7 Å². The van der Waals surface area contributed by atoms with E-state index in [0.717, 1.165) is 57.0 Å². The van der Waals surface area contributed by atoms with Gasteiger partial charge >= 0.3 is 0 Å². The highest BCUT2D eigenvalue weighted by atomic mass is 35.5. The van der Waals surface area contributed by atoms with Gasteiger partial charge < -0.3 is 4.90 Å². The number of carbonyl (C=O) groups excluding carboxylic acids is 1. The molecule has 0 N–H and O–H groups in total. The Morgan fingerprint density at radius 1 is 1.14 bits per heavy atom. The number of carbonyl (C=O) groups is 1. The van der Waals surface area contributed by atoms with Crippen LogP contribution >= 0.6 is 11.6 Å². The molecule has 0 aliphatic carbocycles. The molecule has 2 rings (SSSR count). The van der Waals surface area contributed by atoms with Gasteiger partial charge in [0.1, 0.15) is 0 Å². The van der Waals surface area contributed by atoms with Gasteiger partial charge in [-0.15, -0.1) is 0 Å². The summed E-state index contributed by atoms with van der Waals surface area (Å²) < 4.78 is 0. The molecule has 0 aromatic heterocycles. The van der Waals surface area contributed by atoms with E-state index in [4.69, 9.17) is 11.6 Å². The lowest BCUT2D eigenvalue weighted by Crippen LogP contribution is -2.48. The van der Waals surface area contributed by atoms with Crippen molar-refractivity contribution in [3.05, 3.63) is 34.9 Å². The minimum absolute atomic E-state index is 0.318. The summed E-state index contributed by atoms with van der Waals surface area (Å²) in [7, 11) is 0. The predicted molar refractivity (Wildman–Crippen MR) is 87.7 cm³/mol. The second-order valence-electron chi connectivity index (χ2n) is 5.70. The van der Waals surface area contributed by atoms with Crippen molar-refractivity contribution >= 4 is 17.5 Å². The number of hydrogen-bond donors (Lipinski definition) is 0. The normalized spacial score (nSPS) is 16.2. The number of aryl methyl sites for hydroxylation is 1. The first-order valence-corrected chi connectivity index (χ1v) is 8.31. The topological polar surface area (TPSA) is 23.6 Å². The predicted octanol–water partition coefficient (Wildman–Crippen LogP) is 3.22. The van der Waals surface area contributed by atoms with Crippen LogP contribution < -0.4 is 0 Å². The third-order valence-electron chi connectivity index (χ3n) is 4.04. The van der Waals surface area contributed by atoms with Gasteiger partial charge in [-0.25, -0.2) is 0 Å². The summed E-state index contributed by atoms with van der Waals surface area (Å²) >= 11 is 5.89. The molecule has 0 unspecified atom stereocenters. The fourth-order valence-corrected chi connectivity index (χ4v) is 2.88. The van der Waals surface area contributed by atoms with Crippen molar-refractivity contribution in [1.29, 1.82) is 0 Å². The zero-order chi connectivity index (χ0) is 15.1. The molecule has 1 heterocycles.